The molecule has 0 spiro atoms. The third kappa shape index (κ3) is 6.58. The molecule has 0 unspecified atom stereocenters. The van der Waals surface area contributed by atoms with Gasteiger partial charge in [-0.25, -0.2) is 0 Å². The molecule has 0 radical (unpaired) electrons. The maximum atomic E-state index is 5.44. The van der Waals surface area contributed by atoms with Gasteiger partial charge in [-0.1, -0.05) is 18.8 Å². The lowest BCUT2D eigenvalue weighted by molar-refractivity contribution is 0.206. The fourth-order valence-electron chi connectivity index (χ4n) is 0.652. The molecule has 0 rings (SSSR count). The first kappa shape index (κ1) is 11.2. The topological polar surface area (TPSA) is 18.5 Å². The first-order valence-electron chi connectivity index (χ1n) is 4.20. The molecule has 11 heavy (non-hydrogen) atoms. The van der Waals surface area contributed by atoms with Crippen LogP contribution in [0.4, 0.5) is 0 Å². The summed E-state index contributed by atoms with van der Waals surface area (Å²) in [5.41, 5.74) is 0. The molecule has 0 aliphatic carbocycles. The number of hydrogen-bond acceptors (Lipinski definition) is 2. The van der Waals surface area contributed by atoms with Gasteiger partial charge in [0.1, 0.15) is 0 Å². The van der Waals surface area contributed by atoms with Crippen molar-refractivity contribution in [2.75, 3.05) is 13.2 Å². The summed E-state index contributed by atoms with van der Waals surface area (Å²) in [4.78, 5) is 1.82. The third-order valence-corrected chi connectivity index (χ3v) is 2.68. The zero-order valence-electron chi connectivity index (χ0n) is 7.51. The van der Waals surface area contributed by atoms with E-state index < -0.39 is 14.8 Å². The highest BCUT2D eigenvalue weighted by Gasteiger charge is 2.18. The SMILES string of the molecule is C=[CH][Al]([O]CCC)[O]CCC. The second kappa shape index (κ2) is 8.29. The summed E-state index contributed by atoms with van der Waals surface area (Å²) in [6.45, 7) is 9.46. The van der Waals surface area contributed by atoms with Gasteiger partial charge in [-0.3, -0.25) is 0 Å². The molecule has 0 aromatic carbocycles. The van der Waals surface area contributed by atoms with Crippen molar-refractivity contribution < 1.29 is 7.58 Å². The van der Waals surface area contributed by atoms with Crippen LogP contribution in [0.5, 0.6) is 0 Å². The fourth-order valence-corrected chi connectivity index (χ4v) is 1.96. The molecule has 0 aromatic rings. The molecule has 0 atom stereocenters. The Kier molecular flexibility index (Phi) is 8.44. The molecular weight excluding hydrogens is 155 g/mol. The standard InChI is InChI=1S/2C3H7O.C2H3.Al/c2*1-2-3-4;1-2;/h2*2-3H2,1H3;1H,2H2;/q2*-1;;+2. The van der Waals surface area contributed by atoms with Crippen LogP contribution in [0.2, 0.25) is 0 Å². The van der Waals surface area contributed by atoms with E-state index in [1.807, 2.05) is 4.94 Å². The van der Waals surface area contributed by atoms with E-state index in [1.54, 1.807) is 0 Å². The minimum atomic E-state index is -1.48. The van der Waals surface area contributed by atoms with Gasteiger partial charge in [0.2, 0.25) is 0 Å². The lowest BCUT2D eigenvalue weighted by Gasteiger charge is -2.07. The molecular formula is C8H17AlO2. The Morgan fingerprint density at radius 1 is 1.18 bits per heavy atom. The van der Waals surface area contributed by atoms with Gasteiger partial charge in [0.05, 0.1) is 0 Å². The van der Waals surface area contributed by atoms with Crippen LogP contribution in [0, 0.1) is 0 Å². The largest absolute Gasteiger partial charge is 0.709 e. The normalized spacial score (nSPS) is 9.64. The molecule has 0 aliphatic heterocycles. The van der Waals surface area contributed by atoms with E-state index in [-0.39, 0.29) is 0 Å². The Labute approximate surface area is 74.3 Å². The maximum Gasteiger partial charge on any atom is 0.709 e. The number of rotatable bonds is 7. The van der Waals surface area contributed by atoms with E-state index in [0.717, 1.165) is 26.1 Å². The first-order chi connectivity index (χ1) is 5.35. The van der Waals surface area contributed by atoms with Crippen LogP contribution in [-0.4, -0.2) is 28.0 Å². The van der Waals surface area contributed by atoms with Crippen molar-refractivity contribution in [3.8, 4) is 0 Å². The summed E-state index contributed by atoms with van der Waals surface area (Å²) in [5, 5.41) is 0. The van der Waals surface area contributed by atoms with Crippen molar-refractivity contribution in [1.29, 1.82) is 0 Å². The molecule has 0 amide bonds. The second-order valence-electron chi connectivity index (χ2n) is 2.35. The van der Waals surface area contributed by atoms with Crippen LogP contribution in [0.25, 0.3) is 0 Å². The minimum Gasteiger partial charge on any atom is -0.475 e. The first-order valence-corrected chi connectivity index (χ1v) is 5.81. The van der Waals surface area contributed by atoms with Gasteiger partial charge in [-0.15, -0.1) is 6.58 Å². The lowest BCUT2D eigenvalue weighted by atomic mass is 10.5. The average Bonchev–Trinajstić information content (AvgIpc) is 2.05. The van der Waals surface area contributed by atoms with Crippen molar-refractivity contribution in [1.82, 2.24) is 0 Å². The quantitative estimate of drug-likeness (QED) is 0.547. The van der Waals surface area contributed by atoms with Gasteiger partial charge in [-0.05, 0) is 12.8 Å². The molecule has 0 aromatic heterocycles. The predicted octanol–water partition coefficient (Wildman–Crippen LogP) is 2.05. The van der Waals surface area contributed by atoms with Gasteiger partial charge < -0.3 is 7.58 Å². The van der Waals surface area contributed by atoms with Gasteiger partial charge in [0.15, 0.2) is 0 Å². The minimum absolute atomic E-state index is 0.798. The highest BCUT2D eigenvalue weighted by Crippen LogP contribution is 1.93. The predicted molar refractivity (Wildman–Crippen MR) is 48.4 cm³/mol. The third-order valence-electron chi connectivity index (χ3n) is 1.16. The van der Waals surface area contributed by atoms with Crippen molar-refractivity contribution >= 4 is 14.8 Å². The summed E-state index contributed by atoms with van der Waals surface area (Å²) >= 11 is -1.48. The summed E-state index contributed by atoms with van der Waals surface area (Å²) in [7, 11) is 0. The Morgan fingerprint density at radius 2 is 1.64 bits per heavy atom. The molecule has 0 aliphatic rings. The Balaban J connectivity index is 3.33. The fraction of sp³-hybridized carbons (Fsp3) is 0.750. The molecule has 64 valence electrons. The van der Waals surface area contributed by atoms with Gasteiger partial charge >= 0.3 is 14.8 Å². The molecule has 0 saturated carbocycles. The summed E-state index contributed by atoms with van der Waals surface area (Å²) < 4.78 is 10.9. The number of hydrogen-bond donors (Lipinski definition) is 0. The Bertz CT molecular complexity index is 88.1. The average molecular weight is 172 g/mol. The van der Waals surface area contributed by atoms with E-state index in [2.05, 4.69) is 20.4 Å². The van der Waals surface area contributed by atoms with Crippen molar-refractivity contribution in [3.63, 3.8) is 0 Å². The Morgan fingerprint density at radius 3 is 1.91 bits per heavy atom. The van der Waals surface area contributed by atoms with Crippen LogP contribution >= 0.6 is 0 Å². The maximum absolute atomic E-state index is 5.44. The molecule has 2 nitrogen and oxygen atoms in total. The summed E-state index contributed by atoms with van der Waals surface area (Å²) in [6, 6.07) is 0. The lowest BCUT2D eigenvalue weighted by Crippen LogP contribution is -2.21. The van der Waals surface area contributed by atoms with Crippen molar-refractivity contribution in [2.45, 2.75) is 26.7 Å². The van der Waals surface area contributed by atoms with E-state index in [0.29, 0.717) is 0 Å². The van der Waals surface area contributed by atoms with E-state index >= 15 is 0 Å². The highest BCUT2D eigenvalue weighted by molar-refractivity contribution is 6.50. The molecule has 3 heteroatoms. The second-order valence-corrected chi connectivity index (χ2v) is 4.22. The highest BCUT2D eigenvalue weighted by atomic mass is 27.2. The van der Waals surface area contributed by atoms with Gasteiger partial charge in [0, 0.05) is 13.2 Å². The zero-order chi connectivity index (χ0) is 8.53. The van der Waals surface area contributed by atoms with E-state index in [1.165, 1.54) is 0 Å². The summed E-state index contributed by atoms with van der Waals surface area (Å²) in [6.07, 6.45) is 2.10. The van der Waals surface area contributed by atoms with Crippen molar-refractivity contribution in [3.05, 3.63) is 11.5 Å². The molecule has 0 fully saturated rings. The van der Waals surface area contributed by atoms with Crippen LogP contribution in [0.3, 0.4) is 0 Å². The molecule has 0 bridgehead atoms. The molecule has 0 N–H and O–H groups in total. The van der Waals surface area contributed by atoms with Gasteiger partial charge in [-0.2, -0.15) is 0 Å². The van der Waals surface area contributed by atoms with E-state index in [4.69, 9.17) is 7.58 Å². The molecule has 0 heterocycles. The molecule has 0 saturated heterocycles. The monoisotopic (exact) mass is 172 g/mol. The van der Waals surface area contributed by atoms with Crippen LogP contribution < -0.4 is 0 Å². The van der Waals surface area contributed by atoms with Crippen molar-refractivity contribution in [2.24, 2.45) is 0 Å². The summed E-state index contributed by atoms with van der Waals surface area (Å²) in [5.74, 6) is 0. The Hall–Kier alpha value is 0.192. The van der Waals surface area contributed by atoms with Gasteiger partial charge in [0.25, 0.3) is 0 Å². The smallest absolute Gasteiger partial charge is 0.475 e. The van der Waals surface area contributed by atoms with Crippen LogP contribution in [0.15, 0.2) is 11.5 Å². The van der Waals surface area contributed by atoms with Crippen LogP contribution in [0.1, 0.15) is 26.7 Å². The van der Waals surface area contributed by atoms with E-state index in [9.17, 15) is 0 Å². The zero-order valence-corrected chi connectivity index (χ0v) is 8.66. The van der Waals surface area contributed by atoms with Crippen LogP contribution in [-0.2, 0) is 7.58 Å².